The highest BCUT2D eigenvalue weighted by Crippen LogP contribution is 2.11. The zero-order chi connectivity index (χ0) is 14.6. The second-order valence-electron chi connectivity index (χ2n) is 4.45. The fourth-order valence-electron chi connectivity index (χ4n) is 1.72. The van der Waals surface area contributed by atoms with E-state index in [1.807, 2.05) is 6.92 Å². The van der Waals surface area contributed by atoms with Crippen LogP contribution in [0.5, 0.6) is 0 Å². The smallest absolute Gasteiger partial charge is 0.175 e. The molecule has 1 aromatic heterocycles. The highest BCUT2D eigenvalue weighted by atomic mass is 32.2. The summed E-state index contributed by atoms with van der Waals surface area (Å²) in [5, 5.41) is 14.7. The van der Waals surface area contributed by atoms with Gasteiger partial charge < -0.3 is 5.32 Å². The van der Waals surface area contributed by atoms with Gasteiger partial charge in [-0.1, -0.05) is 19.1 Å². The van der Waals surface area contributed by atoms with Gasteiger partial charge in [0.1, 0.15) is 0 Å². The molecule has 0 bridgehead atoms. The monoisotopic (exact) mass is 295 g/mol. The lowest BCUT2D eigenvalue weighted by Gasteiger charge is -2.06. The lowest BCUT2D eigenvalue weighted by molar-refractivity contribution is 0.587. The summed E-state index contributed by atoms with van der Waals surface area (Å²) in [4.78, 5) is 0.311. The fourth-order valence-corrected chi connectivity index (χ4v) is 2.35. The molecule has 0 aliphatic carbocycles. The highest BCUT2D eigenvalue weighted by Gasteiger charge is 2.08. The Labute approximate surface area is 117 Å². The van der Waals surface area contributed by atoms with Gasteiger partial charge in [0.05, 0.1) is 18.0 Å². The van der Waals surface area contributed by atoms with E-state index in [0.717, 1.165) is 17.9 Å². The number of nitrogens with one attached hydrogen (secondary N) is 1. The van der Waals surface area contributed by atoms with E-state index in [4.69, 9.17) is 0 Å². The first-order chi connectivity index (χ1) is 9.50. The van der Waals surface area contributed by atoms with E-state index in [9.17, 15) is 8.42 Å². The summed E-state index contributed by atoms with van der Waals surface area (Å²) < 4.78 is 24.5. The minimum absolute atomic E-state index is 0.311. The molecule has 0 aliphatic heterocycles. The molecule has 2 aromatic rings. The van der Waals surface area contributed by atoms with E-state index >= 15 is 0 Å². The second kappa shape index (κ2) is 6.10. The van der Waals surface area contributed by atoms with Crippen LogP contribution in [0, 0.1) is 0 Å². The van der Waals surface area contributed by atoms with Crippen molar-refractivity contribution in [3.63, 3.8) is 0 Å². The number of hydrogen-bond donors (Lipinski definition) is 1. The fraction of sp³-hybridized carbons (Fsp3) is 0.417. The van der Waals surface area contributed by atoms with Gasteiger partial charge in [-0.2, -0.15) is 0 Å². The zero-order valence-corrected chi connectivity index (χ0v) is 12.3. The first-order valence-electron chi connectivity index (χ1n) is 6.25. The summed E-state index contributed by atoms with van der Waals surface area (Å²) in [6.07, 6.45) is 1.19. The van der Waals surface area contributed by atoms with Gasteiger partial charge in [0.2, 0.25) is 0 Å². The Balaban J connectivity index is 2.12. The maximum atomic E-state index is 11.4. The van der Waals surface area contributed by atoms with Gasteiger partial charge in [0.15, 0.2) is 15.7 Å². The molecule has 108 valence electrons. The molecule has 1 N–H and O–H groups in total. The number of rotatable bonds is 6. The van der Waals surface area contributed by atoms with Crippen molar-refractivity contribution in [2.45, 2.75) is 24.9 Å². The van der Waals surface area contributed by atoms with Crippen molar-refractivity contribution in [1.29, 1.82) is 0 Å². The van der Waals surface area contributed by atoms with Crippen molar-refractivity contribution in [3.8, 4) is 0 Å². The summed E-state index contributed by atoms with van der Waals surface area (Å²) >= 11 is 0. The highest BCUT2D eigenvalue weighted by molar-refractivity contribution is 7.90. The molecule has 8 heteroatoms. The van der Waals surface area contributed by atoms with E-state index in [0.29, 0.717) is 18.0 Å². The summed E-state index contributed by atoms with van der Waals surface area (Å²) in [5.74, 6) is 0.749. The Morgan fingerprint density at radius 2 is 1.95 bits per heavy atom. The molecular formula is C12H17N5O2S. The van der Waals surface area contributed by atoms with Gasteiger partial charge in [-0.25, -0.2) is 13.1 Å². The first kappa shape index (κ1) is 14.6. The zero-order valence-electron chi connectivity index (χ0n) is 11.4. The molecule has 0 amide bonds. The normalized spacial score (nSPS) is 11.7. The van der Waals surface area contributed by atoms with Crippen molar-refractivity contribution >= 4 is 9.84 Å². The predicted molar refractivity (Wildman–Crippen MR) is 73.9 cm³/mol. The van der Waals surface area contributed by atoms with Crippen LogP contribution in [0.25, 0.3) is 0 Å². The Bertz CT molecular complexity index is 663. The molecule has 0 unspecified atom stereocenters. The van der Waals surface area contributed by atoms with Crippen LogP contribution >= 0.6 is 0 Å². The maximum Gasteiger partial charge on any atom is 0.175 e. The number of benzene rings is 1. The largest absolute Gasteiger partial charge is 0.310 e. The van der Waals surface area contributed by atoms with E-state index in [-0.39, 0.29) is 0 Å². The van der Waals surface area contributed by atoms with E-state index < -0.39 is 9.84 Å². The molecule has 0 radical (unpaired) electrons. The SMILES string of the molecule is CCNCc1nnnn1Cc1ccc(S(C)(=O)=O)cc1. The number of aromatic nitrogens is 4. The van der Waals surface area contributed by atoms with Crippen LogP contribution in [-0.2, 0) is 22.9 Å². The molecular weight excluding hydrogens is 278 g/mol. The van der Waals surface area contributed by atoms with E-state index in [1.54, 1.807) is 28.9 Å². The van der Waals surface area contributed by atoms with Gasteiger partial charge in [-0.3, -0.25) is 0 Å². The number of nitrogens with zero attached hydrogens (tertiary/aromatic N) is 4. The molecule has 0 saturated heterocycles. The summed E-state index contributed by atoms with van der Waals surface area (Å²) in [5.41, 5.74) is 0.947. The van der Waals surface area contributed by atoms with Crippen LogP contribution in [0.2, 0.25) is 0 Å². The minimum Gasteiger partial charge on any atom is -0.310 e. The lowest BCUT2D eigenvalue weighted by atomic mass is 10.2. The van der Waals surface area contributed by atoms with Gasteiger partial charge in [-0.05, 0) is 34.7 Å². The molecule has 20 heavy (non-hydrogen) atoms. The van der Waals surface area contributed by atoms with Crippen LogP contribution in [0.1, 0.15) is 18.3 Å². The lowest BCUT2D eigenvalue weighted by Crippen LogP contribution is -2.17. The van der Waals surface area contributed by atoms with Crippen molar-refractivity contribution in [2.75, 3.05) is 12.8 Å². The summed E-state index contributed by atoms with van der Waals surface area (Å²) in [7, 11) is -3.16. The third-order valence-electron chi connectivity index (χ3n) is 2.82. The van der Waals surface area contributed by atoms with Crippen LogP contribution < -0.4 is 5.32 Å². The van der Waals surface area contributed by atoms with Crippen molar-refractivity contribution in [1.82, 2.24) is 25.5 Å². The molecule has 0 atom stereocenters. The van der Waals surface area contributed by atoms with Gasteiger partial charge in [0, 0.05) is 6.26 Å². The molecule has 1 heterocycles. The molecule has 2 rings (SSSR count). The molecule has 0 saturated carbocycles. The number of sulfone groups is 1. The third kappa shape index (κ3) is 3.61. The molecule has 0 spiro atoms. The Morgan fingerprint density at radius 3 is 2.55 bits per heavy atom. The Morgan fingerprint density at radius 1 is 1.25 bits per heavy atom. The quantitative estimate of drug-likeness (QED) is 0.821. The van der Waals surface area contributed by atoms with Gasteiger partial charge in [0.25, 0.3) is 0 Å². The van der Waals surface area contributed by atoms with Crippen molar-refractivity contribution in [2.24, 2.45) is 0 Å². The third-order valence-corrected chi connectivity index (χ3v) is 3.95. The average molecular weight is 295 g/mol. The molecule has 0 aliphatic rings. The Kier molecular flexibility index (Phi) is 4.46. The van der Waals surface area contributed by atoms with Crippen LogP contribution in [0.4, 0.5) is 0 Å². The predicted octanol–water partition coefficient (Wildman–Crippen LogP) is 0.234. The Hall–Kier alpha value is -1.80. The van der Waals surface area contributed by atoms with Crippen molar-refractivity contribution in [3.05, 3.63) is 35.7 Å². The first-order valence-corrected chi connectivity index (χ1v) is 8.14. The summed E-state index contributed by atoms with van der Waals surface area (Å²) in [6, 6.07) is 6.74. The number of hydrogen-bond acceptors (Lipinski definition) is 6. The van der Waals surface area contributed by atoms with E-state index in [1.165, 1.54) is 6.26 Å². The maximum absolute atomic E-state index is 11.4. The molecule has 7 nitrogen and oxygen atoms in total. The van der Waals surface area contributed by atoms with Crippen molar-refractivity contribution < 1.29 is 8.42 Å². The van der Waals surface area contributed by atoms with Gasteiger partial charge in [-0.15, -0.1) is 5.10 Å². The second-order valence-corrected chi connectivity index (χ2v) is 6.46. The molecule has 1 aromatic carbocycles. The van der Waals surface area contributed by atoms with Crippen LogP contribution in [-0.4, -0.2) is 41.4 Å². The standard InChI is InChI=1S/C12H17N5O2S/c1-3-13-8-12-14-15-16-17(12)9-10-4-6-11(7-5-10)20(2,18)19/h4-7,13H,3,8-9H2,1-2H3. The average Bonchev–Trinajstić information content (AvgIpc) is 2.83. The van der Waals surface area contributed by atoms with Crippen LogP contribution in [0.15, 0.2) is 29.2 Å². The van der Waals surface area contributed by atoms with Crippen LogP contribution in [0.3, 0.4) is 0 Å². The topological polar surface area (TPSA) is 89.8 Å². The minimum atomic E-state index is -3.16. The number of tetrazole rings is 1. The van der Waals surface area contributed by atoms with Gasteiger partial charge >= 0.3 is 0 Å². The summed E-state index contributed by atoms with van der Waals surface area (Å²) in [6.45, 7) is 3.97. The molecule has 0 fully saturated rings. The van der Waals surface area contributed by atoms with E-state index in [2.05, 4.69) is 20.8 Å².